The van der Waals surface area contributed by atoms with Gasteiger partial charge in [-0.25, -0.2) is 0 Å². The Balaban J connectivity index is 1.89. The Morgan fingerprint density at radius 1 is 1.15 bits per heavy atom. The molecule has 0 spiro atoms. The topological polar surface area (TPSA) is 72.3 Å². The fraction of sp³-hybridized carbons (Fsp3) is 0.176. The molecule has 4 aromatic rings. The van der Waals surface area contributed by atoms with Gasteiger partial charge in [-0.05, 0) is 53.6 Å². The second-order valence-corrected chi connectivity index (χ2v) is 6.48. The van der Waals surface area contributed by atoms with Gasteiger partial charge in [0.2, 0.25) is 5.82 Å². The number of nitrogens with one attached hydrogen (secondary N) is 1. The first-order valence-corrected chi connectivity index (χ1v) is 8.27. The number of hydrogen-bond acceptors (Lipinski definition) is 4. The van der Waals surface area contributed by atoms with Crippen LogP contribution in [0.1, 0.15) is 16.7 Å². The van der Waals surface area contributed by atoms with Crippen molar-refractivity contribution in [1.82, 2.24) is 30.4 Å². The summed E-state index contributed by atoms with van der Waals surface area (Å²) in [5.74, 6) is 0.214. The van der Waals surface area contributed by atoms with E-state index in [9.17, 15) is 13.2 Å². The van der Waals surface area contributed by atoms with Crippen molar-refractivity contribution in [2.24, 2.45) is 0 Å². The zero-order chi connectivity index (χ0) is 19.2. The second kappa shape index (κ2) is 6.34. The molecule has 138 valence electrons. The number of alkyl halides is 3. The average Bonchev–Trinajstić information content (AvgIpc) is 3.24. The zero-order valence-corrected chi connectivity index (χ0v) is 14.7. The number of hydrogen-bond donors (Lipinski definition) is 1. The van der Waals surface area contributed by atoms with E-state index < -0.39 is 11.7 Å². The number of benzene rings is 2. The maximum absolute atomic E-state index is 13.2. The number of aryl methyl sites for hydroxylation is 1. The number of halogens is 4. The Bertz CT molecular complexity index is 1120. The van der Waals surface area contributed by atoms with Crippen molar-refractivity contribution >= 4 is 22.5 Å². The number of fused-ring (bicyclic) bond motifs is 1. The van der Waals surface area contributed by atoms with Gasteiger partial charge in [0.05, 0.1) is 17.6 Å². The van der Waals surface area contributed by atoms with Crippen LogP contribution in [0.2, 0.25) is 5.02 Å². The molecule has 0 aliphatic rings. The van der Waals surface area contributed by atoms with E-state index >= 15 is 0 Å². The van der Waals surface area contributed by atoms with E-state index in [0.717, 1.165) is 23.3 Å². The van der Waals surface area contributed by atoms with E-state index in [2.05, 4.69) is 25.7 Å². The minimum Gasteiger partial charge on any atom is -0.260 e. The van der Waals surface area contributed by atoms with Crippen LogP contribution in [0.15, 0.2) is 36.4 Å². The Labute approximate surface area is 156 Å². The third kappa shape index (κ3) is 3.25. The summed E-state index contributed by atoms with van der Waals surface area (Å²) < 4.78 is 41.0. The molecular formula is C17H12ClF3N6. The van der Waals surface area contributed by atoms with E-state index in [1.54, 1.807) is 12.1 Å². The fourth-order valence-electron chi connectivity index (χ4n) is 2.90. The lowest BCUT2D eigenvalue weighted by molar-refractivity contribution is -0.137. The molecule has 0 bridgehead atoms. The Morgan fingerprint density at radius 2 is 1.96 bits per heavy atom. The van der Waals surface area contributed by atoms with Gasteiger partial charge >= 0.3 is 6.18 Å². The smallest absolute Gasteiger partial charge is 0.260 e. The minimum absolute atomic E-state index is 0.214. The van der Waals surface area contributed by atoms with Crippen molar-refractivity contribution in [1.29, 1.82) is 0 Å². The van der Waals surface area contributed by atoms with E-state index in [4.69, 9.17) is 11.6 Å². The van der Waals surface area contributed by atoms with Gasteiger partial charge in [0.1, 0.15) is 5.69 Å². The first-order valence-electron chi connectivity index (χ1n) is 7.89. The van der Waals surface area contributed by atoms with Gasteiger partial charge in [0.15, 0.2) is 0 Å². The summed E-state index contributed by atoms with van der Waals surface area (Å²) in [4.78, 5) is 0. The van der Waals surface area contributed by atoms with Crippen molar-refractivity contribution in [3.8, 4) is 11.5 Å². The maximum atomic E-state index is 13.2. The van der Waals surface area contributed by atoms with Crippen LogP contribution in [0.4, 0.5) is 13.2 Å². The standard InChI is InChI=1S/C17H12ClF3N6/c1-9-6-12(18)4-2-10(9)8-27-14-7-11(17(19,20)21)3-5-13(14)15(24-27)16-22-25-26-23-16/h2-7H,8H2,1H3,(H,22,23,25,26). The normalized spacial score (nSPS) is 12.0. The summed E-state index contributed by atoms with van der Waals surface area (Å²) in [5, 5.41) is 19.2. The molecule has 0 saturated carbocycles. The molecule has 0 aliphatic carbocycles. The molecule has 0 radical (unpaired) electrons. The lowest BCUT2D eigenvalue weighted by atomic mass is 10.1. The first kappa shape index (κ1) is 17.5. The SMILES string of the molecule is Cc1cc(Cl)ccc1Cn1nc(-c2nn[nH]n2)c2ccc(C(F)(F)F)cc21. The highest BCUT2D eigenvalue weighted by Crippen LogP contribution is 2.34. The number of nitrogens with zero attached hydrogens (tertiary/aromatic N) is 5. The van der Waals surface area contributed by atoms with Crippen LogP contribution in [-0.2, 0) is 12.7 Å². The predicted octanol–water partition coefficient (Wildman–Crippen LogP) is 4.25. The van der Waals surface area contributed by atoms with Crippen LogP contribution in [-0.4, -0.2) is 30.4 Å². The predicted molar refractivity (Wildman–Crippen MR) is 93.2 cm³/mol. The van der Waals surface area contributed by atoms with E-state index in [-0.39, 0.29) is 12.4 Å². The summed E-state index contributed by atoms with van der Waals surface area (Å²) >= 11 is 5.98. The molecule has 0 saturated heterocycles. The molecule has 10 heteroatoms. The van der Waals surface area contributed by atoms with Crippen molar-refractivity contribution < 1.29 is 13.2 Å². The van der Waals surface area contributed by atoms with Gasteiger partial charge in [-0.15, -0.1) is 10.2 Å². The molecule has 0 unspecified atom stereocenters. The van der Waals surface area contributed by atoms with Crippen molar-refractivity contribution in [2.75, 3.05) is 0 Å². The van der Waals surface area contributed by atoms with Gasteiger partial charge in [0, 0.05) is 10.4 Å². The van der Waals surface area contributed by atoms with E-state index in [1.165, 1.54) is 10.7 Å². The number of H-pyrrole nitrogens is 1. The molecule has 2 heterocycles. The van der Waals surface area contributed by atoms with Crippen LogP contribution < -0.4 is 0 Å². The van der Waals surface area contributed by atoms with Gasteiger partial charge in [0.25, 0.3) is 0 Å². The molecule has 6 nitrogen and oxygen atoms in total. The van der Waals surface area contributed by atoms with E-state index in [0.29, 0.717) is 21.6 Å². The number of rotatable bonds is 3. The lowest BCUT2D eigenvalue weighted by Crippen LogP contribution is -2.07. The molecule has 27 heavy (non-hydrogen) atoms. The maximum Gasteiger partial charge on any atom is 0.416 e. The first-order chi connectivity index (χ1) is 12.8. The Kier molecular flexibility index (Phi) is 4.11. The minimum atomic E-state index is -4.45. The molecule has 0 atom stereocenters. The quantitative estimate of drug-likeness (QED) is 0.566. The molecule has 1 N–H and O–H groups in total. The molecule has 2 aromatic heterocycles. The number of aromatic amines is 1. The van der Waals surface area contributed by atoms with Crippen molar-refractivity contribution in [3.63, 3.8) is 0 Å². The van der Waals surface area contributed by atoms with Gasteiger partial charge in [-0.3, -0.25) is 4.68 Å². The second-order valence-electron chi connectivity index (χ2n) is 6.04. The van der Waals surface area contributed by atoms with Crippen LogP contribution >= 0.6 is 11.6 Å². The third-order valence-electron chi connectivity index (χ3n) is 4.26. The zero-order valence-electron chi connectivity index (χ0n) is 13.9. The molecule has 0 aliphatic heterocycles. The fourth-order valence-corrected chi connectivity index (χ4v) is 3.12. The Hall–Kier alpha value is -2.94. The summed E-state index contributed by atoms with van der Waals surface area (Å²) in [6, 6.07) is 8.83. The van der Waals surface area contributed by atoms with Crippen LogP contribution in [0.5, 0.6) is 0 Å². The van der Waals surface area contributed by atoms with Gasteiger partial charge in [-0.1, -0.05) is 17.7 Å². The summed E-state index contributed by atoms with van der Waals surface area (Å²) in [6.45, 7) is 2.16. The Morgan fingerprint density at radius 3 is 2.63 bits per heavy atom. The molecule has 0 amide bonds. The lowest BCUT2D eigenvalue weighted by Gasteiger charge is -2.10. The summed E-state index contributed by atoms with van der Waals surface area (Å²) in [5.41, 5.74) is 1.75. The van der Waals surface area contributed by atoms with Crippen molar-refractivity contribution in [2.45, 2.75) is 19.6 Å². The van der Waals surface area contributed by atoms with Crippen LogP contribution in [0, 0.1) is 6.92 Å². The molecule has 0 fully saturated rings. The highest BCUT2D eigenvalue weighted by molar-refractivity contribution is 6.30. The molecule has 4 rings (SSSR count). The third-order valence-corrected chi connectivity index (χ3v) is 4.50. The van der Waals surface area contributed by atoms with E-state index in [1.807, 2.05) is 13.0 Å². The highest BCUT2D eigenvalue weighted by atomic mass is 35.5. The average molecular weight is 393 g/mol. The largest absolute Gasteiger partial charge is 0.416 e. The number of aromatic nitrogens is 6. The number of tetrazole rings is 1. The highest BCUT2D eigenvalue weighted by Gasteiger charge is 2.31. The monoisotopic (exact) mass is 392 g/mol. The summed E-state index contributed by atoms with van der Waals surface area (Å²) in [7, 11) is 0. The molecule has 2 aromatic carbocycles. The van der Waals surface area contributed by atoms with Crippen LogP contribution in [0.3, 0.4) is 0 Å². The molecular weight excluding hydrogens is 381 g/mol. The van der Waals surface area contributed by atoms with Crippen molar-refractivity contribution in [3.05, 3.63) is 58.1 Å². The van der Waals surface area contributed by atoms with Gasteiger partial charge in [-0.2, -0.15) is 23.5 Å². The summed E-state index contributed by atoms with van der Waals surface area (Å²) in [6.07, 6.45) is -4.45. The van der Waals surface area contributed by atoms with Gasteiger partial charge < -0.3 is 0 Å². The van der Waals surface area contributed by atoms with Crippen LogP contribution in [0.25, 0.3) is 22.4 Å².